The van der Waals surface area contributed by atoms with E-state index in [1.807, 2.05) is 24.3 Å². The van der Waals surface area contributed by atoms with E-state index in [9.17, 15) is 4.79 Å². The van der Waals surface area contributed by atoms with E-state index in [1.54, 1.807) is 6.08 Å². The first kappa shape index (κ1) is 10.1. The topological polar surface area (TPSA) is 63.1 Å². The van der Waals surface area contributed by atoms with E-state index in [2.05, 4.69) is 9.97 Å². The lowest BCUT2D eigenvalue weighted by molar-refractivity contribution is 0.0982. The van der Waals surface area contributed by atoms with E-state index in [0.717, 1.165) is 11.0 Å². The van der Waals surface area contributed by atoms with Crippen molar-refractivity contribution in [3.05, 3.63) is 41.2 Å². The molecule has 0 saturated carbocycles. The van der Waals surface area contributed by atoms with Crippen LogP contribution < -0.4 is 0 Å². The molecule has 0 amide bonds. The molecule has 1 heterocycles. The molecular weight excluding hydrogens is 216 g/mol. The first-order chi connectivity index (χ1) is 8.28. The molecule has 1 aliphatic carbocycles. The molecule has 0 fully saturated rings. The highest BCUT2D eigenvalue weighted by Crippen LogP contribution is 2.23. The minimum atomic E-state index is -0.111. The quantitative estimate of drug-likeness (QED) is 0.802. The number of rotatable bonds is 1. The number of aromatic nitrogens is 2. The molecule has 4 heteroatoms. The van der Waals surface area contributed by atoms with Crippen LogP contribution in [-0.2, 0) is 0 Å². The number of hydrogen-bond donors (Lipinski definition) is 1. The van der Waals surface area contributed by atoms with Crippen LogP contribution in [0.5, 0.6) is 0 Å². The largest absolute Gasteiger partial charge is 0.392 e. The number of nitrogens with zero attached hydrogens (tertiary/aromatic N) is 2. The van der Waals surface area contributed by atoms with E-state index in [-0.39, 0.29) is 18.8 Å². The monoisotopic (exact) mass is 226 g/mol. The summed E-state index contributed by atoms with van der Waals surface area (Å²) < 4.78 is 0. The number of benzene rings is 1. The first-order valence-electron chi connectivity index (χ1n) is 5.38. The van der Waals surface area contributed by atoms with Crippen molar-refractivity contribution in [2.45, 2.75) is 6.42 Å². The minimum Gasteiger partial charge on any atom is -0.392 e. The van der Waals surface area contributed by atoms with Gasteiger partial charge < -0.3 is 5.11 Å². The lowest BCUT2D eigenvalue weighted by Gasteiger charge is -2.13. The molecule has 17 heavy (non-hydrogen) atoms. The predicted molar refractivity (Wildman–Crippen MR) is 63.5 cm³/mol. The summed E-state index contributed by atoms with van der Waals surface area (Å²) in [4.78, 5) is 20.6. The maximum atomic E-state index is 11.8. The van der Waals surface area contributed by atoms with Gasteiger partial charge in [-0.15, -0.1) is 0 Å². The summed E-state index contributed by atoms with van der Waals surface area (Å²) in [5.41, 5.74) is 3.13. The lowest BCUT2D eigenvalue weighted by Crippen LogP contribution is -2.14. The lowest BCUT2D eigenvalue weighted by atomic mass is 9.98. The average Bonchev–Trinajstić information content (AvgIpc) is 2.36. The van der Waals surface area contributed by atoms with Crippen LogP contribution in [-0.4, -0.2) is 27.5 Å². The Balaban J connectivity index is 2.28. The second-order valence-electron chi connectivity index (χ2n) is 4.01. The summed E-state index contributed by atoms with van der Waals surface area (Å²) in [5.74, 6) is -0.0789. The molecule has 1 aromatic heterocycles. The van der Waals surface area contributed by atoms with Gasteiger partial charge in [0.2, 0.25) is 0 Å². The Morgan fingerprint density at radius 3 is 2.59 bits per heavy atom. The van der Waals surface area contributed by atoms with E-state index in [4.69, 9.17) is 5.11 Å². The van der Waals surface area contributed by atoms with Crippen LogP contribution in [0.25, 0.3) is 17.1 Å². The third kappa shape index (κ3) is 1.62. The molecule has 0 bridgehead atoms. The van der Waals surface area contributed by atoms with Gasteiger partial charge in [0.15, 0.2) is 5.78 Å². The number of hydrogen-bond acceptors (Lipinski definition) is 4. The van der Waals surface area contributed by atoms with Crippen LogP contribution in [0.4, 0.5) is 0 Å². The highest BCUT2D eigenvalue weighted by Gasteiger charge is 2.21. The van der Waals surface area contributed by atoms with Gasteiger partial charge in [-0.2, -0.15) is 0 Å². The van der Waals surface area contributed by atoms with E-state index < -0.39 is 0 Å². The molecule has 3 rings (SSSR count). The Morgan fingerprint density at radius 1 is 1.18 bits per heavy atom. The molecule has 0 radical (unpaired) electrons. The molecule has 1 N–H and O–H groups in total. The fraction of sp³-hybridized carbons (Fsp3) is 0.154. The number of para-hydroxylation sites is 2. The Kier molecular flexibility index (Phi) is 2.23. The maximum Gasteiger partial charge on any atom is 0.187 e. The molecular formula is C13H10N2O2. The van der Waals surface area contributed by atoms with Gasteiger partial charge in [0.1, 0.15) is 5.69 Å². The summed E-state index contributed by atoms with van der Waals surface area (Å²) in [7, 11) is 0. The average molecular weight is 226 g/mol. The number of ketones is 1. The number of Topliss-reactive ketones (excluding diaryl/α,β-unsaturated/α-hetero) is 1. The summed E-state index contributed by atoms with van der Waals surface area (Å²) in [6.07, 6.45) is 1.98. The Labute approximate surface area is 97.6 Å². The van der Waals surface area contributed by atoms with Gasteiger partial charge in [-0.05, 0) is 23.8 Å². The molecule has 4 nitrogen and oxygen atoms in total. The molecule has 0 aliphatic heterocycles. The minimum absolute atomic E-state index is 0.0789. The van der Waals surface area contributed by atoms with Crippen LogP contribution in [0.2, 0.25) is 0 Å². The first-order valence-corrected chi connectivity index (χ1v) is 5.38. The number of fused-ring (bicyclic) bond motifs is 2. The van der Waals surface area contributed by atoms with E-state index in [0.29, 0.717) is 17.0 Å². The molecule has 0 atom stereocenters. The van der Waals surface area contributed by atoms with E-state index in [1.165, 1.54) is 0 Å². The van der Waals surface area contributed by atoms with Gasteiger partial charge in [-0.25, -0.2) is 9.97 Å². The van der Waals surface area contributed by atoms with Crippen molar-refractivity contribution < 1.29 is 9.90 Å². The van der Waals surface area contributed by atoms with Crippen LogP contribution in [0.3, 0.4) is 0 Å². The SMILES string of the molecule is O=C1CC(CO)=Cc2nc3ccccc3nc21. The highest BCUT2D eigenvalue weighted by molar-refractivity contribution is 6.02. The van der Waals surface area contributed by atoms with Crippen LogP contribution in [0.1, 0.15) is 22.6 Å². The van der Waals surface area contributed by atoms with Gasteiger partial charge in [0.25, 0.3) is 0 Å². The third-order valence-electron chi connectivity index (χ3n) is 2.79. The third-order valence-corrected chi connectivity index (χ3v) is 2.79. The zero-order valence-corrected chi connectivity index (χ0v) is 9.05. The molecule has 1 aromatic carbocycles. The highest BCUT2D eigenvalue weighted by atomic mass is 16.3. The van der Waals surface area contributed by atoms with Crippen molar-refractivity contribution >= 4 is 22.9 Å². The molecule has 0 unspecified atom stereocenters. The molecule has 2 aromatic rings. The zero-order valence-electron chi connectivity index (χ0n) is 9.05. The smallest absolute Gasteiger partial charge is 0.187 e. The van der Waals surface area contributed by atoms with Crippen LogP contribution in [0.15, 0.2) is 29.8 Å². The van der Waals surface area contributed by atoms with Gasteiger partial charge in [0.05, 0.1) is 23.3 Å². The van der Waals surface area contributed by atoms with E-state index >= 15 is 0 Å². The fourth-order valence-corrected chi connectivity index (χ4v) is 1.96. The van der Waals surface area contributed by atoms with Crippen molar-refractivity contribution in [2.75, 3.05) is 6.61 Å². The van der Waals surface area contributed by atoms with Crippen molar-refractivity contribution in [3.63, 3.8) is 0 Å². The molecule has 0 saturated heterocycles. The summed E-state index contributed by atoms with van der Waals surface area (Å²) in [6, 6.07) is 7.44. The van der Waals surface area contributed by atoms with Crippen molar-refractivity contribution in [1.29, 1.82) is 0 Å². The molecule has 1 aliphatic rings. The number of carbonyl (C=O) groups excluding carboxylic acids is 1. The second-order valence-corrected chi connectivity index (χ2v) is 4.01. The molecule has 0 spiro atoms. The van der Waals surface area contributed by atoms with Gasteiger partial charge in [0, 0.05) is 6.42 Å². The van der Waals surface area contributed by atoms with Crippen LogP contribution >= 0.6 is 0 Å². The fourth-order valence-electron chi connectivity index (χ4n) is 1.96. The molecule has 84 valence electrons. The normalized spacial score (nSPS) is 14.6. The van der Waals surface area contributed by atoms with Crippen molar-refractivity contribution in [3.8, 4) is 0 Å². The Morgan fingerprint density at radius 2 is 1.88 bits per heavy atom. The number of aliphatic hydroxyl groups excluding tert-OH is 1. The Hall–Kier alpha value is -2.07. The summed E-state index contributed by atoms with van der Waals surface area (Å²) >= 11 is 0. The Bertz CT molecular complexity index is 647. The second kappa shape index (κ2) is 3.75. The summed E-state index contributed by atoms with van der Waals surface area (Å²) in [6.45, 7) is -0.111. The number of aliphatic hydroxyl groups is 1. The van der Waals surface area contributed by atoms with Gasteiger partial charge >= 0.3 is 0 Å². The standard InChI is InChI=1S/C13H10N2O2/c16-7-8-5-11-13(12(17)6-8)15-10-4-2-1-3-9(10)14-11/h1-5,16H,6-7H2. The maximum absolute atomic E-state index is 11.8. The van der Waals surface area contributed by atoms with Crippen molar-refractivity contribution in [1.82, 2.24) is 9.97 Å². The zero-order chi connectivity index (χ0) is 11.8. The van der Waals surface area contributed by atoms with Crippen molar-refractivity contribution in [2.24, 2.45) is 0 Å². The summed E-state index contributed by atoms with van der Waals surface area (Å²) in [5, 5.41) is 9.08. The number of carbonyl (C=O) groups is 1. The predicted octanol–water partition coefficient (Wildman–Crippen LogP) is 1.59. The van der Waals surface area contributed by atoms with Gasteiger partial charge in [-0.3, -0.25) is 4.79 Å². The van der Waals surface area contributed by atoms with Gasteiger partial charge in [-0.1, -0.05) is 12.1 Å². The van der Waals surface area contributed by atoms with Crippen LogP contribution in [0, 0.1) is 0 Å².